The van der Waals surface area contributed by atoms with Crippen molar-refractivity contribution in [1.82, 2.24) is 4.90 Å². The van der Waals surface area contributed by atoms with E-state index in [-0.39, 0.29) is 6.09 Å². The van der Waals surface area contributed by atoms with E-state index in [2.05, 4.69) is 11.7 Å². The quantitative estimate of drug-likeness (QED) is 0.634. The van der Waals surface area contributed by atoms with Crippen LogP contribution in [0.25, 0.3) is 0 Å². The van der Waals surface area contributed by atoms with Gasteiger partial charge in [0.2, 0.25) is 0 Å². The molecule has 3 nitrogen and oxygen atoms in total. The first-order chi connectivity index (χ1) is 5.77. The first kappa shape index (κ1) is 9.36. The fraction of sp³-hybridized carbons (Fsp3) is 0.889. The van der Waals surface area contributed by atoms with E-state index < -0.39 is 0 Å². The molecule has 0 unspecified atom stereocenters. The maximum absolute atomic E-state index is 11.1. The van der Waals surface area contributed by atoms with Gasteiger partial charge in [-0.1, -0.05) is 13.3 Å². The molecule has 1 heterocycles. The summed E-state index contributed by atoms with van der Waals surface area (Å²) in [5.41, 5.74) is 0. The molecule has 1 amide bonds. The number of carbonyl (C=O) groups excluding carboxylic acids is 1. The number of amides is 1. The fourth-order valence-corrected chi connectivity index (χ4v) is 1.77. The molecule has 0 aromatic heterocycles. The lowest BCUT2D eigenvalue weighted by molar-refractivity contribution is 0.131. The monoisotopic (exact) mass is 171 g/mol. The highest BCUT2D eigenvalue weighted by Crippen LogP contribution is 2.20. The van der Waals surface area contributed by atoms with Crippen LogP contribution in [0, 0.1) is 5.92 Å². The van der Waals surface area contributed by atoms with Gasteiger partial charge < -0.3 is 9.64 Å². The van der Waals surface area contributed by atoms with Gasteiger partial charge in [0.15, 0.2) is 0 Å². The van der Waals surface area contributed by atoms with E-state index in [0.717, 1.165) is 19.5 Å². The fourth-order valence-electron chi connectivity index (χ4n) is 1.77. The first-order valence-corrected chi connectivity index (χ1v) is 4.60. The minimum absolute atomic E-state index is 0.173. The highest BCUT2D eigenvalue weighted by molar-refractivity contribution is 5.67. The van der Waals surface area contributed by atoms with Gasteiger partial charge in [-0.2, -0.15) is 0 Å². The van der Waals surface area contributed by atoms with Crippen LogP contribution in [0.4, 0.5) is 4.79 Å². The molecule has 0 radical (unpaired) electrons. The number of hydrogen-bond donors (Lipinski definition) is 0. The topological polar surface area (TPSA) is 29.5 Å². The van der Waals surface area contributed by atoms with E-state index in [1.165, 1.54) is 20.0 Å². The predicted molar refractivity (Wildman–Crippen MR) is 47.0 cm³/mol. The highest BCUT2D eigenvalue weighted by atomic mass is 16.5. The summed E-state index contributed by atoms with van der Waals surface area (Å²) in [5.74, 6) is 0.703. The van der Waals surface area contributed by atoms with Gasteiger partial charge in [0.05, 0.1) is 7.11 Å². The molecule has 0 aromatic carbocycles. The second kappa shape index (κ2) is 4.33. The summed E-state index contributed by atoms with van der Waals surface area (Å²) in [7, 11) is 1.44. The van der Waals surface area contributed by atoms with E-state index in [0.29, 0.717) is 5.92 Å². The van der Waals surface area contributed by atoms with Gasteiger partial charge in [-0.15, -0.1) is 0 Å². The smallest absolute Gasteiger partial charge is 0.409 e. The zero-order valence-electron chi connectivity index (χ0n) is 7.88. The first-order valence-electron chi connectivity index (χ1n) is 4.60. The van der Waals surface area contributed by atoms with Gasteiger partial charge in [0.1, 0.15) is 0 Å². The van der Waals surface area contributed by atoms with Gasteiger partial charge in [0.25, 0.3) is 0 Å². The Morgan fingerprint density at radius 3 is 3.00 bits per heavy atom. The number of nitrogens with zero attached hydrogens (tertiary/aromatic N) is 1. The van der Waals surface area contributed by atoms with Crippen LogP contribution in [-0.2, 0) is 4.74 Å². The number of likely N-dealkylation sites (tertiary alicyclic amines) is 1. The summed E-state index contributed by atoms with van der Waals surface area (Å²) in [6.07, 6.45) is 3.41. The molecule has 0 aliphatic carbocycles. The van der Waals surface area contributed by atoms with E-state index >= 15 is 0 Å². The molecule has 70 valence electrons. The molecule has 0 N–H and O–H groups in total. The van der Waals surface area contributed by atoms with Crippen molar-refractivity contribution in [2.45, 2.75) is 26.2 Å². The van der Waals surface area contributed by atoms with Crippen LogP contribution in [0.15, 0.2) is 0 Å². The number of methoxy groups -OCH3 is 1. The maximum Gasteiger partial charge on any atom is 0.409 e. The average Bonchev–Trinajstić information content (AvgIpc) is 2.52. The lowest BCUT2D eigenvalue weighted by Crippen LogP contribution is -2.28. The van der Waals surface area contributed by atoms with Gasteiger partial charge in [-0.25, -0.2) is 4.79 Å². The standard InChI is InChI=1S/C9H17NO2/c1-3-4-8-5-6-10(7-8)9(11)12-2/h8H,3-7H2,1-2H3/t8-/m1/s1. The summed E-state index contributed by atoms with van der Waals surface area (Å²) in [5, 5.41) is 0. The summed E-state index contributed by atoms with van der Waals surface area (Å²) < 4.78 is 4.65. The van der Waals surface area contributed by atoms with Crippen molar-refractivity contribution in [3.05, 3.63) is 0 Å². The van der Waals surface area contributed by atoms with Crippen molar-refractivity contribution < 1.29 is 9.53 Å². The molecule has 1 aliphatic heterocycles. The molecular formula is C9H17NO2. The van der Waals surface area contributed by atoms with Crippen molar-refractivity contribution >= 4 is 6.09 Å². The Hall–Kier alpha value is -0.730. The normalized spacial score (nSPS) is 22.8. The van der Waals surface area contributed by atoms with Crippen LogP contribution in [0.2, 0.25) is 0 Å². The largest absolute Gasteiger partial charge is 0.453 e. The molecule has 1 aliphatic rings. The summed E-state index contributed by atoms with van der Waals surface area (Å²) in [6, 6.07) is 0. The van der Waals surface area contributed by atoms with Crippen LogP contribution < -0.4 is 0 Å². The Labute approximate surface area is 73.7 Å². The van der Waals surface area contributed by atoms with Crippen molar-refractivity contribution in [3.8, 4) is 0 Å². The Bertz CT molecular complexity index is 159. The molecule has 3 heteroatoms. The second-order valence-corrected chi connectivity index (χ2v) is 3.36. The number of rotatable bonds is 2. The molecule has 0 bridgehead atoms. The van der Waals surface area contributed by atoms with Gasteiger partial charge in [-0.05, 0) is 18.8 Å². The molecular weight excluding hydrogens is 154 g/mol. The van der Waals surface area contributed by atoms with E-state index in [4.69, 9.17) is 0 Å². The molecule has 1 saturated heterocycles. The van der Waals surface area contributed by atoms with Crippen LogP contribution >= 0.6 is 0 Å². The third-order valence-electron chi connectivity index (χ3n) is 2.42. The Kier molecular flexibility index (Phi) is 3.38. The SMILES string of the molecule is CCC[C@@H]1CCN(C(=O)OC)C1. The van der Waals surface area contributed by atoms with Crippen LogP contribution in [0.5, 0.6) is 0 Å². The molecule has 0 saturated carbocycles. The van der Waals surface area contributed by atoms with Crippen LogP contribution in [-0.4, -0.2) is 31.2 Å². The Balaban J connectivity index is 2.30. The van der Waals surface area contributed by atoms with E-state index in [1.807, 2.05) is 0 Å². The highest BCUT2D eigenvalue weighted by Gasteiger charge is 2.25. The van der Waals surface area contributed by atoms with Crippen molar-refractivity contribution in [3.63, 3.8) is 0 Å². The Morgan fingerprint density at radius 2 is 2.42 bits per heavy atom. The predicted octanol–water partition coefficient (Wildman–Crippen LogP) is 1.87. The molecule has 1 rings (SSSR count). The van der Waals surface area contributed by atoms with Crippen LogP contribution in [0.1, 0.15) is 26.2 Å². The summed E-state index contributed by atoms with van der Waals surface area (Å²) in [4.78, 5) is 12.9. The third kappa shape index (κ3) is 2.13. The van der Waals surface area contributed by atoms with Crippen LogP contribution in [0.3, 0.4) is 0 Å². The lowest BCUT2D eigenvalue weighted by atomic mass is 10.0. The van der Waals surface area contributed by atoms with E-state index in [1.54, 1.807) is 4.90 Å². The molecule has 0 spiro atoms. The maximum atomic E-state index is 11.1. The number of carbonyl (C=O) groups is 1. The molecule has 1 atom stereocenters. The minimum atomic E-state index is -0.173. The van der Waals surface area contributed by atoms with Gasteiger partial charge >= 0.3 is 6.09 Å². The lowest BCUT2D eigenvalue weighted by Gasteiger charge is -2.13. The van der Waals surface area contributed by atoms with Gasteiger partial charge in [0, 0.05) is 13.1 Å². The molecule has 0 aromatic rings. The zero-order chi connectivity index (χ0) is 8.97. The number of ether oxygens (including phenoxy) is 1. The summed E-state index contributed by atoms with van der Waals surface area (Å²) >= 11 is 0. The zero-order valence-corrected chi connectivity index (χ0v) is 7.88. The van der Waals surface area contributed by atoms with Gasteiger partial charge in [-0.3, -0.25) is 0 Å². The van der Waals surface area contributed by atoms with E-state index in [9.17, 15) is 4.79 Å². The molecule has 12 heavy (non-hydrogen) atoms. The minimum Gasteiger partial charge on any atom is -0.453 e. The number of hydrogen-bond acceptors (Lipinski definition) is 2. The Morgan fingerprint density at radius 1 is 1.67 bits per heavy atom. The summed E-state index contributed by atoms with van der Waals surface area (Å²) in [6.45, 7) is 3.94. The van der Waals surface area contributed by atoms with Crippen molar-refractivity contribution in [1.29, 1.82) is 0 Å². The van der Waals surface area contributed by atoms with Crippen molar-refractivity contribution in [2.24, 2.45) is 5.92 Å². The third-order valence-corrected chi connectivity index (χ3v) is 2.42. The average molecular weight is 171 g/mol. The molecule has 1 fully saturated rings. The van der Waals surface area contributed by atoms with Crippen molar-refractivity contribution in [2.75, 3.05) is 20.2 Å². The second-order valence-electron chi connectivity index (χ2n) is 3.36.